The van der Waals surface area contributed by atoms with Crippen molar-refractivity contribution in [3.8, 4) is 5.75 Å². The van der Waals surface area contributed by atoms with Crippen LogP contribution in [0.4, 0.5) is 5.69 Å². The summed E-state index contributed by atoms with van der Waals surface area (Å²) in [5.74, 6) is -0.255. The van der Waals surface area contributed by atoms with Gasteiger partial charge in [0.1, 0.15) is 18.0 Å². The molecule has 4 aromatic rings. The number of sulfonamides is 1. The number of fused-ring (bicyclic) bond motifs is 1. The second-order valence-corrected chi connectivity index (χ2v) is 9.73. The number of carbonyl (C=O) groups excluding carboxylic acids is 1. The zero-order valence-corrected chi connectivity index (χ0v) is 20.2. The highest BCUT2D eigenvalue weighted by Crippen LogP contribution is 2.30. The average molecular weight is 494 g/mol. The van der Waals surface area contributed by atoms with Gasteiger partial charge in [-0.25, -0.2) is 18.2 Å². The average Bonchev–Trinajstić information content (AvgIpc) is 2.86. The Balaban J connectivity index is 1.49. The number of rotatable bonds is 7. The first-order valence-electron chi connectivity index (χ1n) is 10.6. The van der Waals surface area contributed by atoms with Crippen molar-refractivity contribution in [3.05, 3.63) is 100 Å². The van der Waals surface area contributed by atoms with Gasteiger partial charge in [0.2, 0.25) is 0 Å². The maximum Gasteiger partial charge on any atom is 0.338 e. The molecule has 2 heterocycles. The first-order chi connectivity index (χ1) is 16.7. The van der Waals surface area contributed by atoms with Crippen molar-refractivity contribution in [1.29, 1.82) is 0 Å². The van der Waals surface area contributed by atoms with Crippen LogP contribution in [0.2, 0.25) is 0 Å². The SMILES string of the molecule is COc1ccccc1N(C)S(=O)(=O)c1ccc(C(=O)OCc2cc(=O)n3ccc(C)cc3n2)cc1. The zero-order chi connectivity index (χ0) is 25.2. The van der Waals surface area contributed by atoms with E-state index in [4.69, 9.17) is 9.47 Å². The van der Waals surface area contributed by atoms with Crippen molar-refractivity contribution in [3.63, 3.8) is 0 Å². The van der Waals surface area contributed by atoms with E-state index in [0.717, 1.165) is 9.87 Å². The molecular weight excluding hydrogens is 470 g/mol. The molecular formula is C25H23N3O6S. The maximum absolute atomic E-state index is 13.1. The number of ether oxygens (including phenoxy) is 2. The summed E-state index contributed by atoms with van der Waals surface area (Å²) >= 11 is 0. The molecule has 0 saturated carbocycles. The van der Waals surface area contributed by atoms with Gasteiger partial charge in [0.05, 0.1) is 29.0 Å². The lowest BCUT2D eigenvalue weighted by Crippen LogP contribution is -2.27. The summed E-state index contributed by atoms with van der Waals surface area (Å²) in [6.07, 6.45) is 1.64. The highest BCUT2D eigenvalue weighted by atomic mass is 32.2. The van der Waals surface area contributed by atoms with Gasteiger partial charge in [0.25, 0.3) is 15.6 Å². The van der Waals surface area contributed by atoms with Crippen LogP contribution in [0.25, 0.3) is 5.65 Å². The molecule has 4 rings (SSSR count). The normalized spacial score (nSPS) is 11.3. The summed E-state index contributed by atoms with van der Waals surface area (Å²) in [6, 6.07) is 17.0. The molecule has 0 bridgehead atoms. The van der Waals surface area contributed by atoms with Crippen LogP contribution < -0.4 is 14.6 Å². The van der Waals surface area contributed by atoms with Crippen LogP contribution in [-0.2, 0) is 21.4 Å². The third-order valence-electron chi connectivity index (χ3n) is 5.40. The van der Waals surface area contributed by atoms with E-state index in [1.54, 1.807) is 42.6 Å². The number of hydrogen-bond donors (Lipinski definition) is 0. The van der Waals surface area contributed by atoms with E-state index in [2.05, 4.69) is 4.98 Å². The number of esters is 1. The molecule has 9 nitrogen and oxygen atoms in total. The van der Waals surface area contributed by atoms with E-state index in [9.17, 15) is 18.0 Å². The fraction of sp³-hybridized carbons (Fsp3) is 0.160. The fourth-order valence-electron chi connectivity index (χ4n) is 3.49. The van der Waals surface area contributed by atoms with E-state index in [0.29, 0.717) is 22.8 Å². The van der Waals surface area contributed by atoms with Gasteiger partial charge in [-0.05, 0) is 61.0 Å². The molecule has 180 valence electrons. The van der Waals surface area contributed by atoms with Crippen LogP contribution >= 0.6 is 0 Å². The zero-order valence-electron chi connectivity index (χ0n) is 19.3. The van der Waals surface area contributed by atoms with E-state index in [1.807, 2.05) is 6.92 Å². The molecule has 0 fully saturated rings. The largest absolute Gasteiger partial charge is 0.495 e. The lowest BCUT2D eigenvalue weighted by Gasteiger charge is -2.21. The van der Waals surface area contributed by atoms with Gasteiger partial charge in [-0.15, -0.1) is 0 Å². The van der Waals surface area contributed by atoms with Crippen molar-refractivity contribution in [2.75, 3.05) is 18.5 Å². The molecule has 0 spiro atoms. The Hall–Kier alpha value is -4.18. The van der Waals surface area contributed by atoms with Crippen LogP contribution in [0.15, 0.2) is 82.6 Å². The third-order valence-corrected chi connectivity index (χ3v) is 7.19. The number of carbonyl (C=O) groups is 1. The molecule has 10 heteroatoms. The molecule has 0 aliphatic carbocycles. The highest BCUT2D eigenvalue weighted by molar-refractivity contribution is 7.92. The monoisotopic (exact) mass is 493 g/mol. The van der Waals surface area contributed by atoms with Crippen LogP contribution in [-0.4, -0.2) is 37.9 Å². The predicted molar refractivity (Wildman–Crippen MR) is 130 cm³/mol. The molecule has 2 aromatic carbocycles. The fourth-order valence-corrected chi connectivity index (χ4v) is 4.70. The lowest BCUT2D eigenvalue weighted by atomic mass is 10.2. The van der Waals surface area contributed by atoms with Crippen molar-refractivity contribution < 1.29 is 22.7 Å². The number of aromatic nitrogens is 2. The summed E-state index contributed by atoms with van der Waals surface area (Å²) in [4.78, 5) is 29.1. The van der Waals surface area contributed by atoms with Gasteiger partial charge in [0, 0.05) is 19.3 Å². The smallest absolute Gasteiger partial charge is 0.338 e. The summed E-state index contributed by atoms with van der Waals surface area (Å²) in [5, 5.41) is 0. The summed E-state index contributed by atoms with van der Waals surface area (Å²) in [5.41, 5.74) is 1.97. The van der Waals surface area contributed by atoms with Crippen molar-refractivity contribution in [2.24, 2.45) is 0 Å². The Kier molecular flexibility index (Phi) is 6.57. The summed E-state index contributed by atoms with van der Waals surface area (Å²) < 4.78 is 39.2. The molecule has 0 aliphatic heterocycles. The predicted octanol–water partition coefficient (Wildman–Crippen LogP) is 3.19. The molecule has 0 aliphatic rings. The van der Waals surface area contributed by atoms with Gasteiger partial charge >= 0.3 is 5.97 Å². The molecule has 0 unspecified atom stereocenters. The quantitative estimate of drug-likeness (QED) is 0.364. The number of anilines is 1. The Bertz CT molecular complexity index is 1560. The minimum atomic E-state index is -3.90. The van der Waals surface area contributed by atoms with E-state index < -0.39 is 16.0 Å². The number of benzene rings is 2. The van der Waals surface area contributed by atoms with Crippen LogP contribution in [0.5, 0.6) is 5.75 Å². The molecule has 2 aromatic heterocycles. The van der Waals surface area contributed by atoms with E-state index in [-0.39, 0.29) is 22.6 Å². The van der Waals surface area contributed by atoms with Crippen LogP contribution in [0.3, 0.4) is 0 Å². The van der Waals surface area contributed by atoms with Crippen LogP contribution in [0.1, 0.15) is 21.6 Å². The Morgan fingerprint density at radius 2 is 1.77 bits per heavy atom. The summed E-state index contributed by atoms with van der Waals surface area (Å²) in [7, 11) is -1.01. The van der Waals surface area contributed by atoms with Gasteiger partial charge in [-0.2, -0.15) is 0 Å². The van der Waals surface area contributed by atoms with Crippen molar-refractivity contribution in [2.45, 2.75) is 18.4 Å². The topological polar surface area (TPSA) is 107 Å². The second-order valence-electron chi connectivity index (χ2n) is 7.76. The number of nitrogens with zero attached hydrogens (tertiary/aromatic N) is 3. The van der Waals surface area contributed by atoms with Gasteiger partial charge in [-0.1, -0.05) is 12.1 Å². The first kappa shape index (κ1) is 24.0. The number of methoxy groups -OCH3 is 1. The molecule has 0 saturated heterocycles. The standard InChI is InChI=1S/C25H23N3O6S/c1-17-12-13-28-23(14-17)26-19(15-24(28)29)16-34-25(30)18-8-10-20(11-9-18)35(31,32)27(2)21-6-4-5-7-22(21)33-3/h4-15H,16H2,1-3H3. The Morgan fingerprint density at radius 1 is 1.06 bits per heavy atom. The van der Waals surface area contributed by atoms with Crippen molar-refractivity contribution >= 4 is 27.3 Å². The van der Waals surface area contributed by atoms with Gasteiger partial charge in [0.15, 0.2) is 0 Å². The second kappa shape index (κ2) is 9.59. The first-order valence-corrected chi connectivity index (χ1v) is 12.0. The van der Waals surface area contributed by atoms with Crippen molar-refractivity contribution in [1.82, 2.24) is 9.38 Å². The number of pyridine rings is 1. The molecule has 0 radical (unpaired) electrons. The number of hydrogen-bond acceptors (Lipinski definition) is 7. The van der Waals surface area contributed by atoms with Gasteiger partial charge < -0.3 is 9.47 Å². The van der Waals surface area contributed by atoms with Crippen LogP contribution in [0, 0.1) is 6.92 Å². The molecule has 35 heavy (non-hydrogen) atoms. The molecule has 0 N–H and O–H groups in total. The lowest BCUT2D eigenvalue weighted by molar-refractivity contribution is 0.0467. The molecule has 0 atom stereocenters. The molecule has 0 amide bonds. The minimum absolute atomic E-state index is 0.00189. The van der Waals surface area contributed by atoms with E-state index in [1.165, 1.54) is 48.9 Å². The minimum Gasteiger partial charge on any atom is -0.495 e. The summed E-state index contributed by atoms with van der Waals surface area (Å²) in [6.45, 7) is 1.69. The third kappa shape index (κ3) is 4.87. The Morgan fingerprint density at radius 3 is 2.49 bits per heavy atom. The number of para-hydroxylation sites is 2. The maximum atomic E-state index is 13.1. The van der Waals surface area contributed by atoms with Gasteiger partial charge in [-0.3, -0.25) is 13.5 Å². The highest BCUT2D eigenvalue weighted by Gasteiger charge is 2.24. The van der Waals surface area contributed by atoms with E-state index >= 15 is 0 Å². The Labute approximate surface area is 202 Å². The number of aryl methyl sites for hydroxylation is 1.